The monoisotopic (exact) mass is 495 g/mol. The number of rotatable bonds is 10. The predicted molar refractivity (Wildman–Crippen MR) is 124 cm³/mol. The number of benzene rings is 2. The average molecular weight is 496 g/mol. The first-order chi connectivity index (χ1) is 15.8. The Balaban J connectivity index is 1.57. The Labute approximate surface area is 197 Å². The van der Waals surface area contributed by atoms with Gasteiger partial charge in [0, 0.05) is 24.4 Å². The molecule has 1 unspecified atom stereocenters. The normalized spacial score (nSPS) is 15.8. The molecular weight excluding hydrogens is 470 g/mol. The van der Waals surface area contributed by atoms with Crippen molar-refractivity contribution >= 4 is 39.1 Å². The van der Waals surface area contributed by atoms with Gasteiger partial charge in [0.25, 0.3) is 5.91 Å². The number of sulfonamides is 1. The summed E-state index contributed by atoms with van der Waals surface area (Å²) in [5, 5.41) is 5.12. The molecule has 0 aromatic heterocycles. The Kier molecular flexibility index (Phi) is 8.67. The van der Waals surface area contributed by atoms with Crippen molar-refractivity contribution in [3.63, 3.8) is 0 Å². The van der Waals surface area contributed by atoms with Crippen molar-refractivity contribution in [3.05, 3.63) is 53.1 Å². The number of hydrogen-bond donors (Lipinski definition) is 3. The van der Waals surface area contributed by atoms with Gasteiger partial charge in [0.2, 0.25) is 15.9 Å². The van der Waals surface area contributed by atoms with Crippen molar-refractivity contribution in [2.75, 3.05) is 31.6 Å². The number of carbonyl (C=O) groups excluding carboxylic acids is 2. The van der Waals surface area contributed by atoms with Gasteiger partial charge in [-0.3, -0.25) is 9.59 Å². The highest BCUT2D eigenvalue weighted by Gasteiger charge is 2.23. The summed E-state index contributed by atoms with van der Waals surface area (Å²) in [6.45, 7) is 2.85. The van der Waals surface area contributed by atoms with E-state index in [1.165, 1.54) is 18.2 Å². The lowest BCUT2D eigenvalue weighted by Crippen LogP contribution is -2.34. The molecule has 0 radical (unpaired) electrons. The summed E-state index contributed by atoms with van der Waals surface area (Å²) >= 11 is 6.07. The summed E-state index contributed by atoms with van der Waals surface area (Å²) in [4.78, 5) is 24.4. The maximum absolute atomic E-state index is 12.7. The zero-order valence-electron chi connectivity index (χ0n) is 18.1. The van der Waals surface area contributed by atoms with Crippen molar-refractivity contribution < 1.29 is 27.5 Å². The maximum atomic E-state index is 12.7. The fraction of sp³-hybridized carbons (Fsp3) is 0.364. The van der Waals surface area contributed by atoms with E-state index in [4.69, 9.17) is 21.1 Å². The SMILES string of the molecule is CCOc1ccc(NC(=O)CNC(=O)c2ccc(Cl)c(S(=O)(=O)NCC3CCCO3)c2)cc1. The molecule has 1 aliphatic heterocycles. The van der Waals surface area contributed by atoms with Gasteiger partial charge in [0.05, 0.1) is 24.3 Å². The van der Waals surface area contributed by atoms with Gasteiger partial charge >= 0.3 is 0 Å². The largest absolute Gasteiger partial charge is 0.494 e. The molecule has 1 saturated heterocycles. The number of anilines is 1. The molecule has 1 aliphatic rings. The van der Waals surface area contributed by atoms with Crippen molar-refractivity contribution in [1.29, 1.82) is 0 Å². The summed E-state index contributed by atoms with van der Waals surface area (Å²) in [6.07, 6.45) is 1.48. The number of hydrogen-bond acceptors (Lipinski definition) is 6. The Morgan fingerprint density at radius 1 is 1.18 bits per heavy atom. The van der Waals surface area contributed by atoms with Crippen LogP contribution in [0, 0.1) is 0 Å². The molecule has 2 amide bonds. The molecule has 1 heterocycles. The van der Waals surface area contributed by atoms with E-state index in [9.17, 15) is 18.0 Å². The second kappa shape index (κ2) is 11.5. The first-order valence-electron chi connectivity index (χ1n) is 10.5. The molecule has 11 heteroatoms. The van der Waals surface area contributed by atoms with E-state index in [0.717, 1.165) is 12.8 Å². The van der Waals surface area contributed by atoms with Gasteiger partial charge in [-0.15, -0.1) is 0 Å². The highest BCUT2D eigenvalue weighted by Crippen LogP contribution is 2.23. The smallest absolute Gasteiger partial charge is 0.251 e. The average Bonchev–Trinajstić information content (AvgIpc) is 3.32. The van der Waals surface area contributed by atoms with Gasteiger partial charge in [0.1, 0.15) is 10.6 Å². The standard InChI is InChI=1S/C22H26ClN3O6S/c1-2-31-17-8-6-16(7-9-17)26-21(27)14-24-22(28)15-5-10-19(23)20(12-15)33(29,30)25-13-18-4-3-11-32-18/h5-10,12,18,25H,2-4,11,13-14H2,1H3,(H,24,28)(H,26,27). The van der Waals surface area contributed by atoms with E-state index in [0.29, 0.717) is 24.7 Å². The van der Waals surface area contributed by atoms with Crippen LogP contribution in [0.5, 0.6) is 5.75 Å². The molecule has 0 saturated carbocycles. The van der Waals surface area contributed by atoms with Gasteiger partial charge in [-0.05, 0) is 62.2 Å². The van der Waals surface area contributed by atoms with E-state index < -0.39 is 21.8 Å². The summed E-state index contributed by atoms with van der Waals surface area (Å²) in [6, 6.07) is 10.7. The summed E-state index contributed by atoms with van der Waals surface area (Å²) < 4.78 is 38.6. The second-order valence-corrected chi connectivity index (χ2v) is 9.46. The molecule has 0 bridgehead atoms. The molecule has 1 fully saturated rings. The van der Waals surface area contributed by atoms with Crippen LogP contribution in [0.1, 0.15) is 30.1 Å². The van der Waals surface area contributed by atoms with Crippen LogP contribution < -0.4 is 20.1 Å². The van der Waals surface area contributed by atoms with Crippen LogP contribution >= 0.6 is 11.6 Å². The number of ether oxygens (including phenoxy) is 2. The molecule has 2 aromatic carbocycles. The lowest BCUT2D eigenvalue weighted by molar-refractivity contribution is -0.115. The molecule has 1 atom stereocenters. The second-order valence-electron chi connectivity index (χ2n) is 7.32. The van der Waals surface area contributed by atoms with Crippen LogP contribution in [0.15, 0.2) is 47.4 Å². The van der Waals surface area contributed by atoms with E-state index >= 15 is 0 Å². The topological polar surface area (TPSA) is 123 Å². The van der Waals surface area contributed by atoms with Crippen LogP contribution in [0.3, 0.4) is 0 Å². The lowest BCUT2D eigenvalue weighted by Gasteiger charge is -2.13. The third-order valence-electron chi connectivity index (χ3n) is 4.87. The van der Waals surface area contributed by atoms with E-state index in [1.807, 2.05) is 6.92 Å². The van der Waals surface area contributed by atoms with Crippen molar-refractivity contribution in [1.82, 2.24) is 10.0 Å². The van der Waals surface area contributed by atoms with E-state index in [2.05, 4.69) is 15.4 Å². The minimum absolute atomic E-state index is 0.0142. The predicted octanol–water partition coefficient (Wildman–Crippen LogP) is 2.56. The van der Waals surface area contributed by atoms with E-state index in [1.54, 1.807) is 24.3 Å². The third kappa shape index (κ3) is 7.16. The minimum atomic E-state index is -3.95. The zero-order chi connectivity index (χ0) is 23.8. The maximum Gasteiger partial charge on any atom is 0.251 e. The molecule has 0 aliphatic carbocycles. The number of carbonyl (C=O) groups is 2. The quantitative estimate of drug-likeness (QED) is 0.465. The molecule has 3 N–H and O–H groups in total. The van der Waals surface area contributed by atoms with E-state index in [-0.39, 0.29) is 34.7 Å². The molecule has 2 aromatic rings. The van der Waals surface area contributed by atoms with Crippen LogP contribution in [-0.4, -0.2) is 52.6 Å². The molecule has 178 valence electrons. The van der Waals surface area contributed by atoms with Crippen LogP contribution in [0.4, 0.5) is 5.69 Å². The Hall–Kier alpha value is -2.66. The van der Waals surface area contributed by atoms with Crippen molar-refractivity contribution in [2.24, 2.45) is 0 Å². The molecule has 9 nitrogen and oxygen atoms in total. The summed E-state index contributed by atoms with van der Waals surface area (Å²) in [7, 11) is -3.95. The van der Waals surface area contributed by atoms with Crippen molar-refractivity contribution in [2.45, 2.75) is 30.8 Å². The zero-order valence-corrected chi connectivity index (χ0v) is 19.7. The molecular formula is C22H26ClN3O6S. The summed E-state index contributed by atoms with van der Waals surface area (Å²) in [5.74, 6) is -0.362. The Morgan fingerprint density at radius 2 is 1.94 bits per heavy atom. The van der Waals surface area contributed by atoms with Crippen LogP contribution in [-0.2, 0) is 19.6 Å². The fourth-order valence-electron chi connectivity index (χ4n) is 3.21. The number of halogens is 1. The minimum Gasteiger partial charge on any atom is -0.494 e. The number of nitrogens with one attached hydrogen (secondary N) is 3. The van der Waals surface area contributed by atoms with Gasteiger partial charge < -0.3 is 20.1 Å². The Bertz CT molecular complexity index is 1090. The van der Waals surface area contributed by atoms with Gasteiger partial charge in [0.15, 0.2) is 0 Å². The van der Waals surface area contributed by atoms with Crippen LogP contribution in [0.2, 0.25) is 5.02 Å². The molecule has 3 rings (SSSR count). The first-order valence-corrected chi connectivity index (χ1v) is 12.4. The number of amides is 2. The highest BCUT2D eigenvalue weighted by molar-refractivity contribution is 7.89. The highest BCUT2D eigenvalue weighted by atomic mass is 35.5. The molecule has 0 spiro atoms. The third-order valence-corrected chi connectivity index (χ3v) is 6.77. The Morgan fingerprint density at radius 3 is 2.61 bits per heavy atom. The van der Waals surface area contributed by atoms with Crippen LogP contribution in [0.25, 0.3) is 0 Å². The molecule has 33 heavy (non-hydrogen) atoms. The van der Waals surface area contributed by atoms with Gasteiger partial charge in [-0.25, -0.2) is 13.1 Å². The lowest BCUT2D eigenvalue weighted by atomic mass is 10.2. The van der Waals surface area contributed by atoms with Crippen molar-refractivity contribution in [3.8, 4) is 5.75 Å². The fourth-order valence-corrected chi connectivity index (χ4v) is 4.80. The van der Waals surface area contributed by atoms with Gasteiger partial charge in [-0.2, -0.15) is 0 Å². The van der Waals surface area contributed by atoms with Gasteiger partial charge in [-0.1, -0.05) is 11.6 Å². The first kappa shape index (κ1) is 25.0. The summed E-state index contributed by atoms with van der Waals surface area (Å²) in [5.41, 5.74) is 0.612.